The second kappa shape index (κ2) is 8.25. The van der Waals surface area contributed by atoms with Crippen LogP contribution in [0.25, 0.3) is 11.4 Å². The van der Waals surface area contributed by atoms with E-state index in [-0.39, 0.29) is 11.2 Å². The van der Waals surface area contributed by atoms with E-state index < -0.39 is 0 Å². The van der Waals surface area contributed by atoms with Gasteiger partial charge in [-0.3, -0.25) is 9.89 Å². The highest BCUT2D eigenvalue weighted by molar-refractivity contribution is 8.00. The Balaban J connectivity index is 1.64. The number of carbonyl (C=O) groups excluding carboxylic acids is 1. The van der Waals surface area contributed by atoms with Crippen LogP contribution in [0.2, 0.25) is 5.02 Å². The minimum absolute atomic E-state index is 0.168. The Morgan fingerprint density at radius 1 is 1.23 bits per heavy atom. The highest BCUT2D eigenvalue weighted by Crippen LogP contribution is 2.26. The van der Waals surface area contributed by atoms with Gasteiger partial charge in [-0.05, 0) is 43.3 Å². The number of carbonyl (C=O) groups is 1. The van der Waals surface area contributed by atoms with Crippen LogP contribution in [0.3, 0.4) is 0 Å². The second-order valence-corrected chi connectivity index (χ2v) is 7.14. The van der Waals surface area contributed by atoms with Crippen LogP contribution in [0.4, 0.5) is 5.69 Å². The van der Waals surface area contributed by atoms with Gasteiger partial charge >= 0.3 is 0 Å². The predicted molar refractivity (Wildman–Crippen MR) is 104 cm³/mol. The van der Waals surface area contributed by atoms with E-state index in [2.05, 4.69) is 20.5 Å². The number of hydrogen-bond acceptors (Lipinski definition) is 5. The van der Waals surface area contributed by atoms with E-state index in [1.165, 1.54) is 11.8 Å². The maximum atomic E-state index is 12.3. The topological polar surface area (TPSA) is 79.9 Å². The van der Waals surface area contributed by atoms with Gasteiger partial charge in [-0.1, -0.05) is 35.5 Å². The number of amides is 1. The molecule has 1 amide bonds. The van der Waals surface area contributed by atoms with Gasteiger partial charge in [0.05, 0.1) is 23.1 Å². The summed E-state index contributed by atoms with van der Waals surface area (Å²) < 4.78 is 5.14. The van der Waals surface area contributed by atoms with E-state index in [0.717, 1.165) is 11.3 Å². The van der Waals surface area contributed by atoms with E-state index in [1.807, 2.05) is 36.4 Å². The van der Waals surface area contributed by atoms with Crippen molar-refractivity contribution in [3.8, 4) is 17.1 Å². The summed E-state index contributed by atoms with van der Waals surface area (Å²) >= 11 is 7.33. The number of thioether (sulfide) groups is 1. The molecule has 3 aromatic rings. The van der Waals surface area contributed by atoms with Gasteiger partial charge in [0.1, 0.15) is 5.75 Å². The summed E-state index contributed by atoms with van der Waals surface area (Å²) in [5, 5.41) is 10.5. The third-order valence-electron chi connectivity index (χ3n) is 3.61. The average Bonchev–Trinajstić information content (AvgIpc) is 3.12. The van der Waals surface area contributed by atoms with Crippen molar-refractivity contribution in [3.63, 3.8) is 0 Å². The molecule has 1 atom stereocenters. The Morgan fingerprint density at radius 2 is 1.96 bits per heavy atom. The Bertz CT molecular complexity index is 898. The fraction of sp³-hybridized carbons (Fsp3) is 0.167. The van der Waals surface area contributed by atoms with E-state index in [1.54, 1.807) is 26.2 Å². The predicted octanol–water partition coefficient (Wildman–Crippen LogP) is 4.25. The summed E-state index contributed by atoms with van der Waals surface area (Å²) in [6.07, 6.45) is 0. The van der Waals surface area contributed by atoms with Crippen molar-refractivity contribution in [3.05, 3.63) is 53.6 Å². The lowest BCUT2D eigenvalue weighted by atomic mass is 10.2. The Hall–Kier alpha value is -2.51. The number of rotatable bonds is 6. The Labute approximate surface area is 160 Å². The third kappa shape index (κ3) is 4.36. The van der Waals surface area contributed by atoms with Gasteiger partial charge in [0.2, 0.25) is 11.1 Å². The van der Waals surface area contributed by atoms with Crippen LogP contribution in [-0.2, 0) is 4.79 Å². The van der Waals surface area contributed by atoms with E-state index in [4.69, 9.17) is 16.3 Å². The monoisotopic (exact) mass is 388 g/mol. The molecule has 134 valence electrons. The van der Waals surface area contributed by atoms with Gasteiger partial charge in [-0.15, -0.1) is 5.10 Å². The number of aromatic amines is 1. The fourth-order valence-corrected chi connectivity index (χ4v) is 3.09. The van der Waals surface area contributed by atoms with Crippen molar-refractivity contribution in [1.82, 2.24) is 15.2 Å². The number of aromatic nitrogens is 3. The molecule has 0 unspecified atom stereocenters. The lowest BCUT2D eigenvalue weighted by molar-refractivity contribution is -0.115. The molecule has 6 nitrogen and oxygen atoms in total. The van der Waals surface area contributed by atoms with Crippen LogP contribution >= 0.6 is 23.4 Å². The summed E-state index contributed by atoms with van der Waals surface area (Å²) in [6, 6.07) is 14.6. The number of ether oxygens (including phenoxy) is 1. The number of H-pyrrole nitrogens is 1. The molecule has 0 saturated heterocycles. The largest absolute Gasteiger partial charge is 0.497 e. The SMILES string of the molecule is COc1ccc(-c2nc(S[C@@H](C)C(=O)Nc3ccccc3Cl)n[nH]2)cc1. The summed E-state index contributed by atoms with van der Waals surface area (Å²) in [5.41, 5.74) is 1.47. The number of para-hydroxylation sites is 1. The molecule has 1 aromatic heterocycles. The molecule has 0 aliphatic carbocycles. The van der Waals surface area contributed by atoms with Crippen molar-refractivity contribution in [2.24, 2.45) is 0 Å². The molecule has 0 saturated carbocycles. The number of halogens is 1. The molecule has 2 N–H and O–H groups in total. The molecule has 2 aromatic carbocycles. The van der Waals surface area contributed by atoms with Crippen LogP contribution < -0.4 is 10.1 Å². The van der Waals surface area contributed by atoms with E-state index in [9.17, 15) is 4.79 Å². The number of methoxy groups -OCH3 is 1. The average molecular weight is 389 g/mol. The molecule has 0 bridgehead atoms. The first kappa shape index (κ1) is 18.3. The minimum Gasteiger partial charge on any atom is -0.497 e. The molecule has 1 heterocycles. The lowest BCUT2D eigenvalue weighted by Gasteiger charge is -2.11. The molecule has 0 aliphatic heterocycles. The lowest BCUT2D eigenvalue weighted by Crippen LogP contribution is -2.22. The zero-order chi connectivity index (χ0) is 18.5. The standard InChI is InChI=1S/C18H17ClN4O2S/c1-11(17(24)20-15-6-4-3-5-14(15)19)26-18-21-16(22-23-18)12-7-9-13(25-2)10-8-12/h3-11H,1-2H3,(H,20,24)(H,21,22,23)/t11-/m0/s1. The van der Waals surface area contributed by atoms with Crippen LogP contribution in [0.15, 0.2) is 53.7 Å². The van der Waals surface area contributed by atoms with Crippen molar-refractivity contribution in [1.29, 1.82) is 0 Å². The highest BCUT2D eigenvalue weighted by atomic mass is 35.5. The van der Waals surface area contributed by atoms with Crippen molar-refractivity contribution in [2.75, 3.05) is 12.4 Å². The molecule has 0 radical (unpaired) electrons. The first-order valence-electron chi connectivity index (χ1n) is 7.85. The summed E-state index contributed by atoms with van der Waals surface area (Å²) in [6.45, 7) is 1.79. The van der Waals surface area contributed by atoms with Crippen molar-refractivity contribution in [2.45, 2.75) is 17.3 Å². The molecule has 0 spiro atoms. The zero-order valence-electron chi connectivity index (χ0n) is 14.2. The van der Waals surface area contributed by atoms with Crippen molar-refractivity contribution >= 4 is 35.0 Å². The van der Waals surface area contributed by atoms with Gasteiger partial charge in [0, 0.05) is 5.56 Å². The molecular formula is C18H17ClN4O2S. The fourth-order valence-electron chi connectivity index (χ4n) is 2.19. The van der Waals surface area contributed by atoms with Crippen molar-refractivity contribution < 1.29 is 9.53 Å². The van der Waals surface area contributed by atoms with Crippen LogP contribution in [0.1, 0.15) is 6.92 Å². The third-order valence-corrected chi connectivity index (χ3v) is 4.90. The van der Waals surface area contributed by atoms with Gasteiger partial charge < -0.3 is 10.1 Å². The van der Waals surface area contributed by atoms with Gasteiger partial charge in [-0.2, -0.15) is 0 Å². The smallest absolute Gasteiger partial charge is 0.237 e. The summed E-state index contributed by atoms with van der Waals surface area (Å²) in [4.78, 5) is 16.8. The summed E-state index contributed by atoms with van der Waals surface area (Å²) in [7, 11) is 1.62. The zero-order valence-corrected chi connectivity index (χ0v) is 15.8. The van der Waals surface area contributed by atoms with E-state index >= 15 is 0 Å². The first-order chi connectivity index (χ1) is 12.6. The first-order valence-corrected chi connectivity index (χ1v) is 9.11. The number of hydrogen-bond donors (Lipinski definition) is 2. The minimum atomic E-state index is -0.384. The molecule has 0 fully saturated rings. The van der Waals surface area contributed by atoms with E-state index in [0.29, 0.717) is 21.7 Å². The second-order valence-electron chi connectivity index (χ2n) is 5.42. The van der Waals surface area contributed by atoms with Crippen LogP contribution in [-0.4, -0.2) is 33.4 Å². The highest BCUT2D eigenvalue weighted by Gasteiger charge is 2.18. The maximum absolute atomic E-state index is 12.3. The summed E-state index contributed by atoms with van der Waals surface area (Å²) in [5.74, 6) is 1.24. The Kier molecular flexibility index (Phi) is 5.80. The molecular weight excluding hydrogens is 372 g/mol. The van der Waals surface area contributed by atoms with Crippen LogP contribution in [0.5, 0.6) is 5.75 Å². The molecule has 3 rings (SSSR count). The quantitative estimate of drug-likeness (QED) is 0.617. The number of nitrogens with zero attached hydrogens (tertiary/aromatic N) is 2. The Morgan fingerprint density at radius 3 is 2.65 bits per heavy atom. The number of anilines is 1. The van der Waals surface area contributed by atoms with Gasteiger partial charge in [0.15, 0.2) is 5.82 Å². The normalized spacial score (nSPS) is 11.8. The number of benzene rings is 2. The number of nitrogens with one attached hydrogen (secondary N) is 2. The molecule has 0 aliphatic rings. The van der Waals surface area contributed by atoms with Gasteiger partial charge in [0.25, 0.3) is 0 Å². The molecule has 8 heteroatoms. The maximum Gasteiger partial charge on any atom is 0.237 e. The van der Waals surface area contributed by atoms with Gasteiger partial charge in [-0.25, -0.2) is 4.98 Å². The van der Waals surface area contributed by atoms with Crippen LogP contribution in [0, 0.1) is 0 Å². The molecule has 26 heavy (non-hydrogen) atoms.